The lowest BCUT2D eigenvalue weighted by Crippen LogP contribution is -2.50. The molecule has 1 fully saturated rings. The standard InChI is InChI=1S/C15H28N2O4/c1-14(2,3)20-12(18)16-10-8-7-9-11(10)17-13(19)21-15(4,5)6/h10-11H,7-9H2,1-6H3,(H,16,18)(H,17,19). The van der Waals surface area contributed by atoms with E-state index in [0.29, 0.717) is 0 Å². The molecule has 0 bridgehead atoms. The van der Waals surface area contributed by atoms with Crippen LogP contribution in [0.5, 0.6) is 0 Å². The third-order valence-electron chi connectivity index (χ3n) is 2.92. The maximum Gasteiger partial charge on any atom is 0.407 e. The fraction of sp³-hybridized carbons (Fsp3) is 0.867. The molecule has 2 amide bonds. The van der Waals surface area contributed by atoms with Crippen LogP contribution in [0.1, 0.15) is 60.8 Å². The summed E-state index contributed by atoms with van der Waals surface area (Å²) in [6.07, 6.45) is 1.68. The van der Waals surface area contributed by atoms with Crippen LogP contribution in [0, 0.1) is 0 Å². The first kappa shape index (κ1) is 17.6. The largest absolute Gasteiger partial charge is 0.444 e. The van der Waals surface area contributed by atoms with Crippen molar-refractivity contribution < 1.29 is 19.1 Å². The highest BCUT2D eigenvalue weighted by molar-refractivity contribution is 5.70. The summed E-state index contributed by atoms with van der Waals surface area (Å²) >= 11 is 0. The second kappa shape index (κ2) is 6.54. The van der Waals surface area contributed by atoms with E-state index in [1.165, 1.54) is 0 Å². The molecule has 0 aromatic rings. The summed E-state index contributed by atoms with van der Waals surface area (Å²) < 4.78 is 10.5. The van der Waals surface area contributed by atoms with Crippen LogP contribution in [0.3, 0.4) is 0 Å². The zero-order valence-electron chi connectivity index (χ0n) is 13.9. The number of rotatable bonds is 2. The lowest BCUT2D eigenvalue weighted by atomic mass is 10.1. The van der Waals surface area contributed by atoms with Crippen molar-refractivity contribution in [3.8, 4) is 0 Å². The third-order valence-corrected chi connectivity index (χ3v) is 2.92. The van der Waals surface area contributed by atoms with Crippen LogP contribution < -0.4 is 10.6 Å². The van der Waals surface area contributed by atoms with Crippen molar-refractivity contribution in [1.29, 1.82) is 0 Å². The van der Waals surface area contributed by atoms with Gasteiger partial charge in [-0.3, -0.25) is 0 Å². The summed E-state index contributed by atoms with van der Waals surface area (Å²) in [5, 5.41) is 5.64. The molecule has 0 heterocycles. The van der Waals surface area contributed by atoms with E-state index < -0.39 is 23.4 Å². The van der Waals surface area contributed by atoms with Gasteiger partial charge in [-0.15, -0.1) is 0 Å². The fourth-order valence-electron chi connectivity index (χ4n) is 2.22. The van der Waals surface area contributed by atoms with Crippen LogP contribution in [0.2, 0.25) is 0 Å². The highest BCUT2D eigenvalue weighted by atomic mass is 16.6. The zero-order valence-corrected chi connectivity index (χ0v) is 13.9. The van der Waals surface area contributed by atoms with Gasteiger partial charge in [0.2, 0.25) is 0 Å². The van der Waals surface area contributed by atoms with Crippen LogP contribution >= 0.6 is 0 Å². The molecular formula is C15H28N2O4. The third kappa shape index (κ3) is 7.20. The molecule has 2 unspecified atom stereocenters. The predicted octanol–water partition coefficient (Wildman–Crippen LogP) is 2.96. The molecule has 0 aliphatic heterocycles. The van der Waals surface area contributed by atoms with Gasteiger partial charge >= 0.3 is 12.2 Å². The Kier molecular flexibility index (Phi) is 5.48. The fourth-order valence-corrected chi connectivity index (χ4v) is 2.22. The summed E-state index contributed by atoms with van der Waals surface area (Å²) in [6, 6.07) is -0.236. The van der Waals surface area contributed by atoms with Gasteiger partial charge in [0.1, 0.15) is 11.2 Å². The van der Waals surface area contributed by atoms with Gasteiger partial charge in [0.25, 0.3) is 0 Å². The van der Waals surface area contributed by atoms with E-state index in [9.17, 15) is 9.59 Å². The van der Waals surface area contributed by atoms with Crippen molar-refractivity contribution >= 4 is 12.2 Å². The van der Waals surface area contributed by atoms with Crippen LogP contribution in [-0.4, -0.2) is 35.5 Å². The molecular weight excluding hydrogens is 272 g/mol. The van der Waals surface area contributed by atoms with Crippen LogP contribution in [-0.2, 0) is 9.47 Å². The van der Waals surface area contributed by atoms with Crippen molar-refractivity contribution in [2.24, 2.45) is 0 Å². The van der Waals surface area contributed by atoms with E-state index in [2.05, 4.69) is 10.6 Å². The van der Waals surface area contributed by atoms with E-state index in [0.717, 1.165) is 19.3 Å². The van der Waals surface area contributed by atoms with Crippen molar-refractivity contribution in [3.63, 3.8) is 0 Å². The van der Waals surface area contributed by atoms with Gasteiger partial charge in [-0.2, -0.15) is 0 Å². The first-order valence-electron chi connectivity index (χ1n) is 7.45. The Hall–Kier alpha value is -1.46. The zero-order chi connectivity index (χ0) is 16.3. The number of alkyl carbamates (subject to hydrolysis) is 2. The van der Waals surface area contributed by atoms with E-state index in [1.54, 1.807) is 0 Å². The molecule has 1 aliphatic carbocycles. The Morgan fingerprint density at radius 3 is 1.43 bits per heavy atom. The average molecular weight is 300 g/mol. The lowest BCUT2D eigenvalue weighted by molar-refractivity contribution is 0.0441. The molecule has 2 atom stereocenters. The Labute approximate surface area is 126 Å². The minimum Gasteiger partial charge on any atom is -0.444 e. The van der Waals surface area contributed by atoms with E-state index in [1.807, 2.05) is 41.5 Å². The van der Waals surface area contributed by atoms with Crippen LogP contribution in [0.15, 0.2) is 0 Å². The smallest absolute Gasteiger partial charge is 0.407 e. The molecule has 6 heteroatoms. The summed E-state index contributed by atoms with van der Waals surface area (Å²) in [5.41, 5.74) is -1.06. The monoisotopic (exact) mass is 300 g/mol. The minimum atomic E-state index is -0.531. The molecule has 0 spiro atoms. The van der Waals surface area contributed by atoms with Crippen molar-refractivity contribution in [3.05, 3.63) is 0 Å². The molecule has 21 heavy (non-hydrogen) atoms. The number of hydrogen-bond donors (Lipinski definition) is 2. The molecule has 0 aromatic carbocycles. The van der Waals surface area contributed by atoms with Gasteiger partial charge in [0, 0.05) is 0 Å². The molecule has 1 aliphatic rings. The van der Waals surface area contributed by atoms with Gasteiger partial charge in [-0.05, 0) is 60.8 Å². The first-order chi connectivity index (χ1) is 9.46. The second-order valence-corrected chi connectivity index (χ2v) is 7.44. The van der Waals surface area contributed by atoms with Crippen LogP contribution in [0.4, 0.5) is 9.59 Å². The van der Waals surface area contributed by atoms with Gasteiger partial charge in [-0.25, -0.2) is 9.59 Å². The molecule has 122 valence electrons. The number of ether oxygens (including phenoxy) is 2. The second-order valence-electron chi connectivity index (χ2n) is 7.44. The topological polar surface area (TPSA) is 76.7 Å². The Bertz CT molecular complexity index is 346. The normalized spacial score (nSPS) is 22.6. The van der Waals surface area contributed by atoms with Gasteiger partial charge < -0.3 is 20.1 Å². The number of carbonyl (C=O) groups is 2. The molecule has 6 nitrogen and oxygen atoms in total. The minimum absolute atomic E-state index is 0.118. The van der Waals surface area contributed by atoms with Gasteiger partial charge in [-0.1, -0.05) is 0 Å². The summed E-state index contributed by atoms with van der Waals surface area (Å²) in [5.74, 6) is 0. The predicted molar refractivity (Wildman–Crippen MR) is 80.2 cm³/mol. The van der Waals surface area contributed by atoms with Crippen molar-refractivity contribution in [1.82, 2.24) is 10.6 Å². The number of hydrogen-bond acceptors (Lipinski definition) is 4. The first-order valence-corrected chi connectivity index (χ1v) is 7.45. The van der Waals surface area contributed by atoms with Gasteiger partial charge in [0.15, 0.2) is 0 Å². The number of carbonyl (C=O) groups excluding carboxylic acids is 2. The molecule has 1 saturated carbocycles. The van der Waals surface area contributed by atoms with Gasteiger partial charge in [0.05, 0.1) is 12.1 Å². The van der Waals surface area contributed by atoms with E-state index in [-0.39, 0.29) is 12.1 Å². The van der Waals surface area contributed by atoms with Crippen molar-refractivity contribution in [2.45, 2.75) is 84.1 Å². The lowest BCUT2D eigenvalue weighted by Gasteiger charge is -2.26. The molecule has 2 N–H and O–H groups in total. The molecule has 0 radical (unpaired) electrons. The van der Waals surface area contributed by atoms with Crippen LogP contribution in [0.25, 0.3) is 0 Å². The van der Waals surface area contributed by atoms with Crippen molar-refractivity contribution in [2.75, 3.05) is 0 Å². The molecule has 0 saturated heterocycles. The Balaban J connectivity index is 2.48. The number of amides is 2. The van der Waals surface area contributed by atoms with E-state index in [4.69, 9.17) is 9.47 Å². The maximum absolute atomic E-state index is 11.8. The number of nitrogens with one attached hydrogen (secondary N) is 2. The summed E-state index contributed by atoms with van der Waals surface area (Å²) in [7, 11) is 0. The quantitative estimate of drug-likeness (QED) is 0.822. The SMILES string of the molecule is CC(C)(C)OC(=O)NC1CCCC1NC(=O)OC(C)(C)C. The molecule has 0 aromatic heterocycles. The Morgan fingerprint density at radius 2 is 1.14 bits per heavy atom. The summed E-state index contributed by atoms with van der Waals surface area (Å²) in [4.78, 5) is 23.6. The summed E-state index contributed by atoms with van der Waals surface area (Å²) in [6.45, 7) is 10.9. The van der Waals surface area contributed by atoms with E-state index >= 15 is 0 Å². The molecule has 1 rings (SSSR count). The highest BCUT2D eigenvalue weighted by Crippen LogP contribution is 2.20. The Morgan fingerprint density at radius 1 is 0.810 bits per heavy atom. The highest BCUT2D eigenvalue weighted by Gasteiger charge is 2.32. The maximum atomic E-state index is 11.8. The average Bonchev–Trinajstić information content (AvgIpc) is 2.59.